The molecule has 0 fully saturated rings. The Kier molecular flexibility index (Phi) is 5.58. The van der Waals surface area contributed by atoms with E-state index < -0.39 is 10.8 Å². The fourth-order valence-electron chi connectivity index (χ4n) is 1.83. The Hall–Kier alpha value is -1.60. The van der Waals surface area contributed by atoms with Crippen molar-refractivity contribution in [3.63, 3.8) is 0 Å². The fourth-order valence-corrected chi connectivity index (χ4v) is 3.31. The zero-order valence-corrected chi connectivity index (χ0v) is 13.6. The van der Waals surface area contributed by atoms with Crippen molar-refractivity contribution in [2.75, 3.05) is 11.6 Å². The minimum absolute atomic E-state index is 0.224. The highest BCUT2D eigenvalue weighted by molar-refractivity contribution is 7.83. The number of anilines is 1. The van der Waals surface area contributed by atoms with Gasteiger partial charge in [-0.2, -0.15) is 0 Å². The largest absolute Gasteiger partial charge is 0.296 e. The van der Waals surface area contributed by atoms with Crippen molar-refractivity contribution in [1.29, 1.82) is 0 Å². The highest BCUT2D eigenvalue weighted by Crippen LogP contribution is 2.18. The molecule has 0 saturated heterocycles. The molecule has 1 heterocycles. The van der Waals surface area contributed by atoms with Gasteiger partial charge in [0.05, 0.1) is 0 Å². The first-order valence-electron chi connectivity index (χ1n) is 6.61. The van der Waals surface area contributed by atoms with E-state index in [0.717, 1.165) is 23.4 Å². The number of aryl methyl sites for hydroxylation is 1. The second kappa shape index (κ2) is 7.42. The van der Waals surface area contributed by atoms with Crippen LogP contribution in [0.15, 0.2) is 24.3 Å². The third kappa shape index (κ3) is 4.71. The van der Waals surface area contributed by atoms with Crippen LogP contribution < -0.4 is 5.32 Å². The highest BCUT2D eigenvalue weighted by Gasteiger charge is 2.10. The molecule has 7 heteroatoms. The standard InChI is InChI=1S/C14H17N3O2S2/c1-3-5-12-16-17-14(20-12)15-13(18)11-7-4-6-10(8-11)9-21(2)19/h4,6-8H,3,5,9H2,1-2H3,(H,15,17,18). The molecule has 0 radical (unpaired) electrons. The van der Waals surface area contributed by atoms with E-state index >= 15 is 0 Å². The van der Waals surface area contributed by atoms with E-state index in [2.05, 4.69) is 22.4 Å². The molecule has 1 aromatic carbocycles. The summed E-state index contributed by atoms with van der Waals surface area (Å²) in [5.41, 5.74) is 1.41. The van der Waals surface area contributed by atoms with Crippen LogP contribution in [0.3, 0.4) is 0 Å². The highest BCUT2D eigenvalue weighted by atomic mass is 32.2. The van der Waals surface area contributed by atoms with Crippen molar-refractivity contribution in [2.45, 2.75) is 25.5 Å². The van der Waals surface area contributed by atoms with Gasteiger partial charge in [-0.1, -0.05) is 30.4 Å². The number of amides is 1. The molecule has 0 aliphatic rings. The van der Waals surface area contributed by atoms with Crippen molar-refractivity contribution in [1.82, 2.24) is 10.2 Å². The molecule has 2 rings (SSSR count). The summed E-state index contributed by atoms with van der Waals surface area (Å²) < 4.78 is 11.2. The lowest BCUT2D eigenvalue weighted by atomic mass is 10.1. The topological polar surface area (TPSA) is 72.0 Å². The molecule has 5 nitrogen and oxygen atoms in total. The van der Waals surface area contributed by atoms with Crippen molar-refractivity contribution in [2.24, 2.45) is 0 Å². The average molecular weight is 323 g/mol. The van der Waals surface area contributed by atoms with Crippen molar-refractivity contribution < 1.29 is 9.00 Å². The monoisotopic (exact) mass is 323 g/mol. The van der Waals surface area contributed by atoms with E-state index in [4.69, 9.17) is 0 Å². The van der Waals surface area contributed by atoms with E-state index in [1.807, 2.05) is 6.07 Å². The molecule has 0 aliphatic carbocycles. The first kappa shape index (κ1) is 15.8. The van der Waals surface area contributed by atoms with Gasteiger partial charge >= 0.3 is 0 Å². The Morgan fingerprint density at radius 1 is 1.38 bits per heavy atom. The number of benzene rings is 1. The second-order valence-corrected chi connectivity index (χ2v) is 7.12. The number of hydrogen-bond donors (Lipinski definition) is 1. The number of hydrogen-bond acceptors (Lipinski definition) is 5. The van der Waals surface area contributed by atoms with E-state index in [1.54, 1.807) is 24.5 Å². The Labute approximate surface area is 130 Å². The maximum atomic E-state index is 12.2. The van der Waals surface area contributed by atoms with Crippen LogP contribution in [-0.2, 0) is 23.0 Å². The molecular weight excluding hydrogens is 306 g/mol. The normalized spacial score (nSPS) is 12.1. The molecule has 21 heavy (non-hydrogen) atoms. The number of rotatable bonds is 6. The summed E-state index contributed by atoms with van der Waals surface area (Å²) in [6.45, 7) is 2.07. The molecule has 2 aromatic rings. The Morgan fingerprint density at radius 3 is 2.90 bits per heavy atom. The van der Waals surface area contributed by atoms with Gasteiger partial charge in [0.2, 0.25) is 5.13 Å². The Bertz CT molecular complexity index is 655. The van der Waals surface area contributed by atoms with Crippen LogP contribution in [0.1, 0.15) is 34.3 Å². The lowest BCUT2D eigenvalue weighted by molar-refractivity contribution is 0.102. The number of aromatic nitrogens is 2. The maximum Gasteiger partial charge on any atom is 0.257 e. The van der Waals surface area contributed by atoms with Gasteiger partial charge in [0.25, 0.3) is 5.91 Å². The van der Waals surface area contributed by atoms with E-state index in [-0.39, 0.29) is 5.91 Å². The molecule has 1 N–H and O–H groups in total. The van der Waals surface area contributed by atoms with Crippen LogP contribution in [0.25, 0.3) is 0 Å². The maximum absolute atomic E-state index is 12.2. The number of nitrogens with zero attached hydrogens (tertiary/aromatic N) is 2. The number of carbonyl (C=O) groups excluding carboxylic acids is 1. The van der Waals surface area contributed by atoms with Crippen molar-refractivity contribution >= 4 is 33.2 Å². The summed E-state index contributed by atoms with van der Waals surface area (Å²) in [6, 6.07) is 7.14. The average Bonchev–Trinajstić information content (AvgIpc) is 2.86. The predicted molar refractivity (Wildman–Crippen MR) is 86.1 cm³/mol. The van der Waals surface area contributed by atoms with Gasteiger partial charge in [0, 0.05) is 34.8 Å². The summed E-state index contributed by atoms with van der Waals surface area (Å²) in [4.78, 5) is 12.2. The summed E-state index contributed by atoms with van der Waals surface area (Å²) in [5.74, 6) is 0.221. The molecular formula is C14H17N3O2S2. The first-order chi connectivity index (χ1) is 10.1. The van der Waals surface area contributed by atoms with Gasteiger partial charge < -0.3 is 0 Å². The van der Waals surface area contributed by atoms with Gasteiger partial charge in [0.1, 0.15) is 5.01 Å². The first-order valence-corrected chi connectivity index (χ1v) is 9.15. The zero-order chi connectivity index (χ0) is 15.2. The Balaban J connectivity index is 2.06. The van der Waals surface area contributed by atoms with Crippen LogP contribution in [-0.4, -0.2) is 26.6 Å². The number of carbonyl (C=O) groups is 1. The molecule has 0 spiro atoms. The lowest BCUT2D eigenvalue weighted by Gasteiger charge is -2.03. The summed E-state index contributed by atoms with van der Waals surface area (Å²) in [6.07, 6.45) is 3.51. The van der Waals surface area contributed by atoms with Crippen LogP contribution in [0.5, 0.6) is 0 Å². The summed E-state index contributed by atoms with van der Waals surface area (Å²) >= 11 is 1.39. The SMILES string of the molecule is CCCc1nnc(NC(=O)c2cccc(CS(C)=O)c2)s1. The molecule has 0 bridgehead atoms. The van der Waals surface area contributed by atoms with Crippen LogP contribution in [0.2, 0.25) is 0 Å². The quantitative estimate of drug-likeness (QED) is 0.887. The molecule has 1 atom stereocenters. The minimum atomic E-state index is -0.927. The van der Waals surface area contributed by atoms with Gasteiger partial charge in [-0.05, 0) is 24.1 Å². The zero-order valence-electron chi connectivity index (χ0n) is 12.0. The third-order valence-corrected chi connectivity index (χ3v) is 4.35. The van der Waals surface area contributed by atoms with Gasteiger partial charge in [-0.25, -0.2) is 0 Å². The Morgan fingerprint density at radius 2 is 2.19 bits per heavy atom. The molecule has 1 amide bonds. The molecule has 0 saturated carbocycles. The number of nitrogens with one attached hydrogen (secondary N) is 1. The van der Waals surface area contributed by atoms with Crippen LogP contribution in [0.4, 0.5) is 5.13 Å². The van der Waals surface area contributed by atoms with E-state index in [0.29, 0.717) is 16.4 Å². The molecule has 1 unspecified atom stereocenters. The van der Waals surface area contributed by atoms with E-state index in [1.165, 1.54) is 11.3 Å². The summed E-state index contributed by atoms with van der Waals surface area (Å²) in [7, 11) is -0.927. The van der Waals surface area contributed by atoms with Crippen molar-refractivity contribution in [3.8, 4) is 0 Å². The smallest absolute Gasteiger partial charge is 0.257 e. The minimum Gasteiger partial charge on any atom is -0.296 e. The third-order valence-electron chi connectivity index (χ3n) is 2.71. The second-order valence-electron chi connectivity index (χ2n) is 4.62. The fraction of sp³-hybridized carbons (Fsp3) is 0.357. The van der Waals surface area contributed by atoms with Gasteiger partial charge in [0.15, 0.2) is 0 Å². The van der Waals surface area contributed by atoms with Gasteiger partial charge in [-0.3, -0.25) is 14.3 Å². The summed E-state index contributed by atoms with van der Waals surface area (Å²) in [5, 5.41) is 12.2. The molecule has 0 aliphatic heterocycles. The van der Waals surface area contributed by atoms with E-state index in [9.17, 15) is 9.00 Å². The molecule has 1 aromatic heterocycles. The van der Waals surface area contributed by atoms with Gasteiger partial charge in [-0.15, -0.1) is 10.2 Å². The van der Waals surface area contributed by atoms with Crippen LogP contribution >= 0.6 is 11.3 Å². The molecule has 112 valence electrons. The lowest BCUT2D eigenvalue weighted by Crippen LogP contribution is -2.12. The van der Waals surface area contributed by atoms with Crippen molar-refractivity contribution in [3.05, 3.63) is 40.4 Å². The predicted octanol–water partition coefficient (Wildman–Crippen LogP) is 2.62. The van der Waals surface area contributed by atoms with Crippen LogP contribution in [0, 0.1) is 0 Å².